The van der Waals surface area contributed by atoms with Crippen LogP contribution in [0.25, 0.3) is 0 Å². The average molecular weight is 183 g/mol. The fourth-order valence-electron chi connectivity index (χ4n) is 1.76. The molecule has 0 amide bonds. The zero-order valence-corrected chi connectivity index (χ0v) is 9.26. The lowest BCUT2D eigenvalue weighted by Gasteiger charge is -2.28. The predicted octanol–water partition coefficient (Wildman–Crippen LogP) is 2.88. The summed E-state index contributed by atoms with van der Waals surface area (Å²) < 4.78 is 5.18. The second-order valence-corrected chi connectivity index (χ2v) is 4.89. The van der Waals surface area contributed by atoms with Crippen molar-refractivity contribution in [2.24, 2.45) is 16.3 Å². The van der Waals surface area contributed by atoms with Crippen molar-refractivity contribution in [1.82, 2.24) is 0 Å². The molecule has 0 fully saturated rings. The number of rotatable bonds is 0. The number of nitrogens with zero attached hydrogens (tertiary/aromatic N) is 1. The van der Waals surface area contributed by atoms with Crippen LogP contribution in [0.15, 0.2) is 4.99 Å². The van der Waals surface area contributed by atoms with E-state index in [-0.39, 0.29) is 0 Å². The molecule has 1 heterocycles. The van der Waals surface area contributed by atoms with Gasteiger partial charge in [0.1, 0.15) is 0 Å². The largest absolute Gasteiger partial charge is 0.484 e. The predicted molar refractivity (Wildman–Crippen MR) is 56.1 cm³/mol. The molecule has 1 atom stereocenters. The molecule has 1 rings (SSSR count). The minimum absolute atomic E-state index is 0.382. The van der Waals surface area contributed by atoms with Gasteiger partial charge < -0.3 is 4.74 Å². The normalized spacial score (nSPS) is 24.9. The lowest BCUT2D eigenvalue weighted by molar-refractivity contribution is 0.234. The third-order valence-electron chi connectivity index (χ3n) is 2.89. The van der Waals surface area contributed by atoms with Gasteiger partial charge in [-0.05, 0) is 24.2 Å². The molecule has 0 spiro atoms. The van der Waals surface area contributed by atoms with E-state index in [0.29, 0.717) is 11.3 Å². The van der Waals surface area contributed by atoms with E-state index in [0.717, 1.165) is 18.9 Å². The summed E-state index contributed by atoms with van der Waals surface area (Å²) >= 11 is 0. The van der Waals surface area contributed by atoms with Crippen molar-refractivity contribution in [2.75, 3.05) is 13.7 Å². The van der Waals surface area contributed by atoms with E-state index >= 15 is 0 Å². The third-order valence-corrected chi connectivity index (χ3v) is 2.89. The second-order valence-electron chi connectivity index (χ2n) is 4.89. The Hall–Kier alpha value is -0.530. The highest BCUT2D eigenvalue weighted by Crippen LogP contribution is 2.31. The van der Waals surface area contributed by atoms with E-state index in [1.54, 1.807) is 7.11 Å². The Morgan fingerprint density at radius 1 is 1.38 bits per heavy atom. The van der Waals surface area contributed by atoms with Crippen LogP contribution in [0.4, 0.5) is 0 Å². The van der Waals surface area contributed by atoms with Gasteiger partial charge in [-0.15, -0.1) is 0 Å². The van der Waals surface area contributed by atoms with Crippen LogP contribution in [0.1, 0.15) is 40.0 Å². The Morgan fingerprint density at radius 3 is 2.62 bits per heavy atom. The molecule has 0 aromatic carbocycles. The summed E-state index contributed by atoms with van der Waals surface area (Å²) in [6.45, 7) is 7.83. The summed E-state index contributed by atoms with van der Waals surface area (Å²) in [6, 6.07) is 0. The summed E-state index contributed by atoms with van der Waals surface area (Å²) in [6.07, 6.45) is 3.51. The Balaban J connectivity index is 2.58. The zero-order valence-electron chi connectivity index (χ0n) is 9.26. The smallest absolute Gasteiger partial charge is 0.182 e. The fourth-order valence-corrected chi connectivity index (χ4v) is 1.76. The van der Waals surface area contributed by atoms with Crippen LogP contribution in [0, 0.1) is 11.3 Å². The van der Waals surface area contributed by atoms with Crippen molar-refractivity contribution in [3.8, 4) is 0 Å². The molecular formula is C11H21NO. The summed E-state index contributed by atoms with van der Waals surface area (Å²) in [5.41, 5.74) is 0.382. The van der Waals surface area contributed by atoms with Gasteiger partial charge in [0.2, 0.25) is 0 Å². The Kier molecular flexibility index (Phi) is 3.34. The molecule has 0 aromatic heterocycles. The molecule has 2 nitrogen and oxygen atoms in total. The van der Waals surface area contributed by atoms with Gasteiger partial charge in [0.05, 0.1) is 7.11 Å². The van der Waals surface area contributed by atoms with Gasteiger partial charge in [-0.3, -0.25) is 4.99 Å². The van der Waals surface area contributed by atoms with Gasteiger partial charge in [-0.25, -0.2) is 0 Å². The summed E-state index contributed by atoms with van der Waals surface area (Å²) in [5.74, 6) is 1.65. The molecule has 0 bridgehead atoms. The molecule has 0 saturated carbocycles. The highest BCUT2D eigenvalue weighted by atomic mass is 16.5. The van der Waals surface area contributed by atoms with Gasteiger partial charge >= 0.3 is 0 Å². The van der Waals surface area contributed by atoms with E-state index in [1.165, 1.54) is 12.8 Å². The van der Waals surface area contributed by atoms with Crippen LogP contribution < -0.4 is 0 Å². The number of ether oxygens (including phenoxy) is 1. The van der Waals surface area contributed by atoms with Gasteiger partial charge in [0, 0.05) is 13.0 Å². The monoisotopic (exact) mass is 183 g/mol. The van der Waals surface area contributed by atoms with Crippen molar-refractivity contribution >= 4 is 5.90 Å². The molecule has 1 unspecified atom stereocenters. The molecule has 76 valence electrons. The van der Waals surface area contributed by atoms with Crippen molar-refractivity contribution in [3.63, 3.8) is 0 Å². The molecule has 0 aliphatic carbocycles. The summed E-state index contributed by atoms with van der Waals surface area (Å²) in [4.78, 5) is 4.48. The molecule has 0 saturated heterocycles. The van der Waals surface area contributed by atoms with Crippen LogP contribution in [-0.2, 0) is 4.74 Å². The highest BCUT2D eigenvalue weighted by Gasteiger charge is 2.25. The quantitative estimate of drug-likeness (QED) is 0.566. The third kappa shape index (κ3) is 3.02. The highest BCUT2D eigenvalue weighted by molar-refractivity contribution is 5.76. The first-order valence-corrected chi connectivity index (χ1v) is 5.11. The van der Waals surface area contributed by atoms with Crippen molar-refractivity contribution < 1.29 is 4.74 Å². The van der Waals surface area contributed by atoms with Crippen LogP contribution in [0.5, 0.6) is 0 Å². The van der Waals surface area contributed by atoms with Gasteiger partial charge in [0.25, 0.3) is 0 Å². The second kappa shape index (κ2) is 4.12. The lowest BCUT2D eigenvalue weighted by Crippen LogP contribution is -2.22. The maximum absolute atomic E-state index is 5.18. The average Bonchev–Trinajstić information content (AvgIpc) is 2.26. The molecule has 0 aromatic rings. The van der Waals surface area contributed by atoms with E-state index in [9.17, 15) is 0 Å². The first kappa shape index (κ1) is 10.6. The number of methoxy groups -OCH3 is 1. The summed E-state index contributed by atoms with van der Waals surface area (Å²) in [5, 5.41) is 0. The first-order valence-electron chi connectivity index (χ1n) is 5.11. The van der Waals surface area contributed by atoms with Gasteiger partial charge in [-0.1, -0.05) is 20.8 Å². The van der Waals surface area contributed by atoms with Crippen molar-refractivity contribution in [1.29, 1.82) is 0 Å². The Morgan fingerprint density at radius 2 is 2.08 bits per heavy atom. The van der Waals surface area contributed by atoms with E-state index in [2.05, 4.69) is 25.8 Å². The van der Waals surface area contributed by atoms with Gasteiger partial charge in [-0.2, -0.15) is 0 Å². The van der Waals surface area contributed by atoms with E-state index < -0.39 is 0 Å². The van der Waals surface area contributed by atoms with E-state index in [4.69, 9.17) is 4.74 Å². The SMILES string of the molecule is COC1=NCC(C(C)(C)C)CCC1. The Labute approximate surface area is 81.4 Å². The first-order chi connectivity index (χ1) is 6.04. The van der Waals surface area contributed by atoms with Crippen LogP contribution in [-0.4, -0.2) is 19.6 Å². The number of aliphatic imine (C=N–C) groups is 1. The van der Waals surface area contributed by atoms with Crippen LogP contribution >= 0.6 is 0 Å². The lowest BCUT2D eigenvalue weighted by atomic mass is 9.78. The summed E-state index contributed by atoms with van der Waals surface area (Å²) in [7, 11) is 1.72. The maximum atomic E-state index is 5.18. The number of hydrogen-bond acceptors (Lipinski definition) is 2. The van der Waals surface area contributed by atoms with Crippen molar-refractivity contribution in [3.05, 3.63) is 0 Å². The molecule has 2 heteroatoms. The molecule has 1 aliphatic rings. The minimum Gasteiger partial charge on any atom is -0.484 e. The zero-order chi connectivity index (χ0) is 9.90. The molecule has 13 heavy (non-hydrogen) atoms. The standard InChI is InChI=1S/C11H21NO/c1-11(2,3)9-6-5-7-10(13-4)12-8-9/h9H,5-8H2,1-4H3. The Bertz CT molecular complexity index is 191. The molecule has 0 N–H and O–H groups in total. The molecule has 1 aliphatic heterocycles. The fraction of sp³-hybridized carbons (Fsp3) is 0.909. The van der Waals surface area contributed by atoms with Crippen LogP contribution in [0.3, 0.4) is 0 Å². The van der Waals surface area contributed by atoms with Gasteiger partial charge in [0.15, 0.2) is 5.90 Å². The number of hydrogen-bond donors (Lipinski definition) is 0. The van der Waals surface area contributed by atoms with E-state index in [1.807, 2.05) is 0 Å². The van der Waals surface area contributed by atoms with Crippen molar-refractivity contribution in [2.45, 2.75) is 40.0 Å². The van der Waals surface area contributed by atoms with Crippen LogP contribution in [0.2, 0.25) is 0 Å². The topological polar surface area (TPSA) is 21.6 Å². The maximum Gasteiger partial charge on any atom is 0.182 e. The molecule has 0 radical (unpaired) electrons. The molecular weight excluding hydrogens is 162 g/mol. The minimum atomic E-state index is 0.382.